The van der Waals surface area contributed by atoms with E-state index in [-0.39, 0.29) is 6.61 Å². The minimum atomic E-state index is -0.454. The summed E-state index contributed by atoms with van der Waals surface area (Å²) in [5.74, 6) is 0. The van der Waals surface area contributed by atoms with E-state index >= 15 is 0 Å². The van der Waals surface area contributed by atoms with Gasteiger partial charge < -0.3 is 0 Å². The number of aliphatic hydroxyl groups excluding tert-OH is 2. The molecule has 0 saturated heterocycles. The zero-order valence-electron chi connectivity index (χ0n) is 3.59. The van der Waals surface area contributed by atoms with Gasteiger partial charge in [0, 0.05) is 0 Å². The van der Waals surface area contributed by atoms with Gasteiger partial charge in [0.25, 0.3) is 0 Å². The van der Waals surface area contributed by atoms with Crippen molar-refractivity contribution in [1.82, 2.24) is 0 Å². The summed E-state index contributed by atoms with van der Waals surface area (Å²) in [6.45, 7) is -0.0833. The Balaban J connectivity index is 2.75. The van der Waals surface area contributed by atoms with E-state index in [1.807, 2.05) is 0 Å². The van der Waals surface area contributed by atoms with Gasteiger partial charge in [0.1, 0.15) is 0 Å². The van der Waals surface area contributed by atoms with Crippen molar-refractivity contribution < 1.29 is 28.5 Å². The van der Waals surface area contributed by atoms with Gasteiger partial charge in [-0.05, 0) is 0 Å². The van der Waals surface area contributed by atoms with Crippen molar-refractivity contribution in [2.45, 2.75) is 11.1 Å². The van der Waals surface area contributed by atoms with Gasteiger partial charge in [-0.15, -0.1) is 0 Å². The second-order valence-corrected chi connectivity index (χ2v) is 2.34. The molecule has 0 aromatic carbocycles. The molecule has 0 aromatic rings. The number of aliphatic hydroxyl groups is 2. The molecule has 1 atom stereocenters. The van der Waals surface area contributed by atoms with Gasteiger partial charge in [0.05, 0.1) is 0 Å². The van der Waals surface area contributed by atoms with E-state index in [4.69, 9.17) is 10.2 Å². The molecular formula is C3H7O2Zn. The molecule has 0 saturated carbocycles. The van der Waals surface area contributed by atoms with Gasteiger partial charge >= 0.3 is 46.2 Å². The molecule has 0 aliphatic rings. The molecule has 1 unspecified atom stereocenters. The molecule has 0 bridgehead atoms. The predicted molar refractivity (Wildman–Crippen MR) is 17.9 cm³/mol. The molecule has 0 fully saturated rings. The third-order valence-corrected chi connectivity index (χ3v) is 1.94. The number of rotatable bonds is 2. The Labute approximate surface area is 46.9 Å². The second-order valence-electron chi connectivity index (χ2n) is 1.13. The predicted octanol–water partition coefficient (Wildman–Crippen LogP) is -0.695. The standard InChI is InChI=1S/C3H7O2.Zn/c1-3(5)2-4;/h3-5H,1-2H2;. The van der Waals surface area contributed by atoms with Crippen LogP contribution in [-0.2, 0) is 18.3 Å². The summed E-state index contributed by atoms with van der Waals surface area (Å²) in [4.78, 5) is 0. The van der Waals surface area contributed by atoms with E-state index in [2.05, 4.69) is 0 Å². The first-order valence-electron chi connectivity index (χ1n) is 1.89. The van der Waals surface area contributed by atoms with Crippen molar-refractivity contribution in [2.24, 2.45) is 0 Å². The molecule has 0 rings (SSSR count). The Morgan fingerprint density at radius 3 is 2.17 bits per heavy atom. The van der Waals surface area contributed by atoms with Crippen molar-refractivity contribution in [1.29, 1.82) is 0 Å². The fraction of sp³-hybridized carbons (Fsp3) is 1.00. The van der Waals surface area contributed by atoms with E-state index in [1.165, 1.54) is 0 Å². The first-order valence-corrected chi connectivity index (χ1v) is 3.99. The molecule has 0 spiro atoms. The van der Waals surface area contributed by atoms with Crippen molar-refractivity contribution in [3.63, 3.8) is 0 Å². The van der Waals surface area contributed by atoms with Crippen LogP contribution in [0.2, 0.25) is 5.02 Å². The van der Waals surface area contributed by atoms with E-state index in [1.54, 1.807) is 0 Å². The number of hydrogen-bond donors (Lipinski definition) is 2. The Morgan fingerprint density at radius 1 is 1.67 bits per heavy atom. The van der Waals surface area contributed by atoms with Crippen molar-refractivity contribution in [3.05, 3.63) is 0 Å². The van der Waals surface area contributed by atoms with Crippen LogP contribution in [0, 0.1) is 0 Å². The fourth-order valence-electron chi connectivity index (χ4n) is 0.0913. The molecule has 0 aromatic heterocycles. The average Bonchev–Trinajstić information content (AvgIpc) is 1.65. The average molecular weight is 140 g/mol. The van der Waals surface area contributed by atoms with Crippen molar-refractivity contribution >= 4 is 0 Å². The van der Waals surface area contributed by atoms with Crippen LogP contribution in [-0.4, -0.2) is 22.9 Å². The van der Waals surface area contributed by atoms with Crippen LogP contribution in [0.4, 0.5) is 0 Å². The Hall–Kier alpha value is 0.543. The van der Waals surface area contributed by atoms with Crippen molar-refractivity contribution in [2.75, 3.05) is 6.61 Å². The molecule has 3 heteroatoms. The first-order chi connectivity index (χ1) is 2.81. The van der Waals surface area contributed by atoms with Crippen LogP contribution in [0.1, 0.15) is 0 Å². The Bertz CT molecular complexity index is 28.0. The molecule has 0 heterocycles. The first kappa shape index (κ1) is 6.54. The molecule has 2 nitrogen and oxygen atoms in total. The van der Waals surface area contributed by atoms with Gasteiger partial charge in [-0.3, -0.25) is 0 Å². The normalized spacial score (nSPS) is 14.7. The summed E-state index contributed by atoms with van der Waals surface area (Å²) in [6.07, 6.45) is -0.454. The molecule has 0 aliphatic carbocycles. The van der Waals surface area contributed by atoms with Crippen LogP contribution < -0.4 is 0 Å². The van der Waals surface area contributed by atoms with Crippen LogP contribution in [0.15, 0.2) is 0 Å². The maximum atomic E-state index is 8.45. The molecule has 2 N–H and O–H groups in total. The fourth-order valence-corrected chi connectivity index (χ4v) is 0.474. The molecule has 0 amide bonds. The molecule has 33 valence electrons. The van der Waals surface area contributed by atoms with Gasteiger partial charge in [0.15, 0.2) is 0 Å². The van der Waals surface area contributed by atoms with E-state index < -0.39 is 6.10 Å². The second kappa shape index (κ2) is 3.72. The van der Waals surface area contributed by atoms with Crippen LogP contribution in [0.3, 0.4) is 0 Å². The summed E-state index contributed by atoms with van der Waals surface area (Å²) in [7, 11) is 0. The summed E-state index contributed by atoms with van der Waals surface area (Å²) in [5, 5.41) is 17.3. The maximum absolute atomic E-state index is 8.45. The van der Waals surface area contributed by atoms with Crippen molar-refractivity contribution in [3.8, 4) is 0 Å². The third-order valence-electron chi connectivity index (χ3n) is 0.544. The quantitative estimate of drug-likeness (QED) is 0.498. The van der Waals surface area contributed by atoms with Gasteiger partial charge in [-0.2, -0.15) is 0 Å². The van der Waals surface area contributed by atoms with Crippen LogP contribution >= 0.6 is 0 Å². The molecular weight excluding hydrogens is 133 g/mol. The summed E-state index contributed by atoms with van der Waals surface area (Å²) in [5.41, 5.74) is 0. The van der Waals surface area contributed by atoms with E-state index in [0.717, 1.165) is 23.3 Å². The Kier molecular flexibility index (Phi) is 4.06. The Morgan fingerprint density at radius 2 is 2.17 bits per heavy atom. The monoisotopic (exact) mass is 139 g/mol. The van der Waals surface area contributed by atoms with Gasteiger partial charge in [-0.1, -0.05) is 0 Å². The third kappa shape index (κ3) is 2.76. The zero-order valence-corrected chi connectivity index (χ0v) is 6.56. The topological polar surface area (TPSA) is 40.5 Å². The number of hydrogen-bond acceptors (Lipinski definition) is 2. The summed E-state index contributed by atoms with van der Waals surface area (Å²) in [6, 6.07) is 0. The molecule has 6 heavy (non-hydrogen) atoms. The van der Waals surface area contributed by atoms with Crippen LogP contribution in [0.5, 0.6) is 0 Å². The van der Waals surface area contributed by atoms with E-state index in [0.29, 0.717) is 0 Å². The van der Waals surface area contributed by atoms with Gasteiger partial charge in [0.2, 0.25) is 0 Å². The van der Waals surface area contributed by atoms with E-state index in [9.17, 15) is 0 Å². The zero-order chi connectivity index (χ0) is 4.99. The molecule has 0 aliphatic heterocycles. The SMILES string of the molecule is OCC(O)[CH2][Zn]. The minimum absolute atomic E-state index is 0.0833. The molecule has 0 radical (unpaired) electrons. The summed E-state index contributed by atoms with van der Waals surface area (Å²) >= 11 is 1.06. The van der Waals surface area contributed by atoms with Gasteiger partial charge in [-0.25, -0.2) is 0 Å². The summed E-state index contributed by atoms with van der Waals surface area (Å²) < 4.78 is 0. The van der Waals surface area contributed by atoms with Crippen LogP contribution in [0.25, 0.3) is 0 Å².